The summed E-state index contributed by atoms with van der Waals surface area (Å²) in [6, 6.07) is 8.01. The molecule has 0 fully saturated rings. The van der Waals surface area contributed by atoms with E-state index >= 15 is 0 Å². The molecule has 0 radical (unpaired) electrons. The molecule has 0 aromatic heterocycles. The molecule has 0 N–H and O–H groups in total. The summed E-state index contributed by atoms with van der Waals surface area (Å²) < 4.78 is 5.08. The summed E-state index contributed by atoms with van der Waals surface area (Å²) in [5.74, 6) is 0.804. The Morgan fingerprint density at radius 1 is 1.33 bits per heavy atom. The molecule has 0 aliphatic rings. The summed E-state index contributed by atoms with van der Waals surface area (Å²) in [6.07, 6.45) is 2.76. The third-order valence-electron chi connectivity index (χ3n) is 1.52. The van der Waals surface area contributed by atoms with Crippen molar-refractivity contribution in [1.29, 1.82) is 0 Å². The van der Waals surface area contributed by atoms with Crippen molar-refractivity contribution in [2.45, 2.75) is 6.42 Å². The minimum Gasteiger partial charge on any atom is -0.478 e. The van der Waals surface area contributed by atoms with E-state index < -0.39 is 0 Å². The number of benzene rings is 1. The minimum absolute atomic E-state index is 0.195. The summed E-state index contributed by atoms with van der Waals surface area (Å²) in [4.78, 5) is 0. The van der Waals surface area contributed by atoms with Gasteiger partial charge in [-0.3, -0.25) is 0 Å². The molecule has 1 nitrogen and oxygen atoms in total. The lowest BCUT2D eigenvalue weighted by Gasteiger charge is -2.01. The fraction of sp³-hybridized carbons (Fsp3) is 0.200. The highest BCUT2D eigenvalue weighted by molar-refractivity contribution is 6.17. The van der Waals surface area contributed by atoms with Gasteiger partial charge in [0.2, 0.25) is 0 Å². The van der Waals surface area contributed by atoms with Crippen LogP contribution in [0.2, 0.25) is 0 Å². The monoisotopic (exact) mass is 182 g/mol. The lowest BCUT2D eigenvalue weighted by Crippen LogP contribution is -1.88. The maximum absolute atomic E-state index is 5.40. The number of hydrogen-bond acceptors (Lipinski definition) is 1. The van der Waals surface area contributed by atoms with Gasteiger partial charge in [0.05, 0.1) is 0 Å². The molecule has 0 spiro atoms. The van der Waals surface area contributed by atoms with Gasteiger partial charge in [-0.15, -0.1) is 6.58 Å². The van der Waals surface area contributed by atoms with Crippen LogP contribution in [0.5, 0.6) is 5.75 Å². The smallest absolute Gasteiger partial charge is 0.162 e. The van der Waals surface area contributed by atoms with Crippen LogP contribution >= 0.6 is 11.6 Å². The SMILES string of the molecule is C=CCc1ccc(OCCl)cc1. The van der Waals surface area contributed by atoms with Gasteiger partial charge in [-0.2, -0.15) is 0 Å². The van der Waals surface area contributed by atoms with E-state index in [1.165, 1.54) is 5.56 Å². The predicted molar refractivity (Wildman–Crippen MR) is 51.7 cm³/mol. The molecule has 64 valence electrons. The van der Waals surface area contributed by atoms with Crippen LogP contribution in [0.15, 0.2) is 36.9 Å². The molecule has 0 atom stereocenters. The van der Waals surface area contributed by atoms with E-state index in [0.29, 0.717) is 0 Å². The van der Waals surface area contributed by atoms with Crippen LogP contribution in [0.1, 0.15) is 5.56 Å². The van der Waals surface area contributed by atoms with E-state index in [1.807, 2.05) is 30.3 Å². The van der Waals surface area contributed by atoms with Crippen LogP contribution in [0.4, 0.5) is 0 Å². The van der Waals surface area contributed by atoms with Gasteiger partial charge in [-0.1, -0.05) is 29.8 Å². The second-order valence-electron chi connectivity index (χ2n) is 2.39. The Morgan fingerprint density at radius 3 is 2.50 bits per heavy atom. The van der Waals surface area contributed by atoms with Crippen molar-refractivity contribution in [2.75, 3.05) is 6.07 Å². The second-order valence-corrected chi connectivity index (χ2v) is 2.61. The molecule has 0 saturated heterocycles. The molecule has 0 saturated carbocycles. The van der Waals surface area contributed by atoms with Gasteiger partial charge in [-0.25, -0.2) is 0 Å². The molecule has 12 heavy (non-hydrogen) atoms. The fourth-order valence-corrected chi connectivity index (χ4v) is 1.08. The zero-order chi connectivity index (χ0) is 8.81. The van der Waals surface area contributed by atoms with Crippen LogP contribution in [0, 0.1) is 0 Å². The number of hydrogen-bond donors (Lipinski definition) is 0. The molecular formula is C10H11ClO. The van der Waals surface area contributed by atoms with Crippen molar-refractivity contribution in [3.05, 3.63) is 42.5 Å². The highest BCUT2D eigenvalue weighted by Gasteiger charge is 1.92. The first-order valence-electron chi connectivity index (χ1n) is 3.75. The van der Waals surface area contributed by atoms with E-state index in [2.05, 4.69) is 6.58 Å². The summed E-state index contributed by atoms with van der Waals surface area (Å²) in [6.45, 7) is 3.66. The Hall–Kier alpha value is -0.950. The number of ether oxygens (including phenoxy) is 1. The molecule has 1 aromatic carbocycles. The minimum atomic E-state index is 0.195. The predicted octanol–water partition coefficient (Wildman–Crippen LogP) is 2.99. The number of allylic oxidation sites excluding steroid dienone is 1. The lowest BCUT2D eigenvalue weighted by atomic mass is 10.1. The first-order chi connectivity index (χ1) is 5.86. The summed E-state index contributed by atoms with van der Waals surface area (Å²) in [5, 5.41) is 0. The van der Waals surface area contributed by atoms with E-state index in [1.54, 1.807) is 0 Å². The molecule has 0 heterocycles. The standard InChI is InChI=1S/C10H11ClO/c1-2-3-9-4-6-10(7-5-9)12-8-11/h2,4-7H,1,3,8H2. The van der Waals surface area contributed by atoms with E-state index in [0.717, 1.165) is 12.2 Å². The maximum Gasteiger partial charge on any atom is 0.162 e. The van der Waals surface area contributed by atoms with Gasteiger partial charge in [0.15, 0.2) is 6.07 Å². The average Bonchev–Trinajstić information content (AvgIpc) is 2.09. The third-order valence-corrected chi connectivity index (χ3v) is 1.63. The van der Waals surface area contributed by atoms with Crippen LogP contribution in [-0.2, 0) is 6.42 Å². The second kappa shape index (κ2) is 4.83. The Kier molecular flexibility index (Phi) is 3.68. The normalized spacial score (nSPS) is 9.42. The lowest BCUT2D eigenvalue weighted by molar-refractivity contribution is 0.388. The van der Waals surface area contributed by atoms with Gasteiger partial charge >= 0.3 is 0 Å². The average molecular weight is 183 g/mol. The summed E-state index contributed by atoms with van der Waals surface area (Å²) in [5.41, 5.74) is 1.23. The van der Waals surface area contributed by atoms with Crippen LogP contribution in [0.3, 0.4) is 0 Å². The number of alkyl halides is 1. The van der Waals surface area contributed by atoms with Gasteiger partial charge < -0.3 is 4.74 Å². The Labute approximate surface area is 77.6 Å². The molecule has 1 aromatic rings. The zero-order valence-electron chi connectivity index (χ0n) is 6.79. The summed E-state index contributed by atoms with van der Waals surface area (Å²) in [7, 11) is 0. The summed E-state index contributed by atoms with van der Waals surface area (Å²) >= 11 is 5.40. The molecule has 1 rings (SSSR count). The fourth-order valence-electron chi connectivity index (χ4n) is 0.951. The van der Waals surface area contributed by atoms with Crippen LogP contribution < -0.4 is 4.74 Å². The van der Waals surface area contributed by atoms with Gasteiger partial charge in [0.25, 0.3) is 0 Å². The van der Waals surface area contributed by atoms with Gasteiger partial charge in [0, 0.05) is 0 Å². The Bertz CT molecular complexity index is 241. The molecule has 2 heteroatoms. The largest absolute Gasteiger partial charge is 0.478 e. The van der Waals surface area contributed by atoms with Crippen LogP contribution in [-0.4, -0.2) is 6.07 Å². The van der Waals surface area contributed by atoms with Gasteiger partial charge in [0.1, 0.15) is 5.75 Å². The van der Waals surface area contributed by atoms with Crippen molar-refractivity contribution >= 4 is 11.6 Å². The molecule has 0 unspecified atom stereocenters. The molecule has 0 amide bonds. The highest BCUT2D eigenvalue weighted by Crippen LogP contribution is 2.12. The first kappa shape index (κ1) is 9.14. The quantitative estimate of drug-likeness (QED) is 0.514. The Morgan fingerprint density at radius 2 is 2.00 bits per heavy atom. The van der Waals surface area contributed by atoms with Crippen molar-refractivity contribution < 1.29 is 4.74 Å². The van der Waals surface area contributed by atoms with E-state index in [-0.39, 0.29) is 6.07 Å². The Balaban J connectivity index is 2.64. The van der Waals surface area contributed by atoms with Crippen molar-refractivity contribution in [3.63, 3.8) is 0 Å². The molecule has 0 bridgehead atoms. The van der Waals surface area contributed by atoms with Crippen molar-refractivity contribution in [2.24, 2.45) is 0 Å². The van der Waals surface area contributed by atoms with E-state index in [4.69, 9.17) is 16.3 Å². The molecule has 0 aliphatic heterocycles. The van der Waals surface area contributed by atoms with E-state index in [9.17, 15) is 0 Å². The maximum atomic E-state index is 5.40. The first-order valence-corrected chi connectivity index (χ1v) is 4.29. The third kappa shape index (κ3) is 2.59. The highest BCUT2D eigenvalue weighted by atomic mass is 35.5. The zero-order valence-corrected chi connectivity index (χ0v) is 7.55. The van der Waals surface area contributed by atoms with Crippen LogP contribution in [0.25, 0.3) is 0 Å². The van der Waals surface area contributed by atoms with Crippen molar-refractivity contribution in [3.8, 4) is 5.75 Å². The topological polar surface area (TPSA) is 9.23 Å². The number of rotatable bonds is 4. The molecular weight excluding hydrogens is 172 g/mol. The van der Waals surface area contributed by atoms with Gasteiger partial charge in [-0.05, 0) is 24.1 Å². The number of halogens is 1. The molecule has 0 aliphatic carbocycles. The van der Waals surface area contributed by atoms with Crippen molar-refractivity contribution in [1.82, 2.24) is 0 Å².